The van der Waals surface area contributed by atoms with Gasteiger partial charge >= 0.3 is 0 Å². The number of thioether (sulfide) groups is 1. The molecule has 0 fully saturated rings. The number of nitrogens with two attached hydrogens (primary N) is 1. The van der Waals surface area contributed by atoms with Crippen molar-refractivity contribution in [2.45, 2.75) is 10.6 Å². The highest BCUT2D eigenvalue weighted by molar-refractivity contribution is 9.10. The summed E-state index contributed by atoms with van der Waals surface area (Å²) in [6, 6.07) is 8.08. The molecule has 0 aliphatic heterocycles. The first kappa shape index (κ1) is 10.9. The summed E-state index contributed by atoms with van der Waals surface area (Å²) in [5.41, 5.74) is 6.57. The van der Waals surface area contributed by atoms with E-state index in [0.29, 0.717) is 5.00 Å². The number of anilines is 1. The Morgan fingerprint density at radius 3 is 2.87 bits per heavy atom. The van der Waals surface area contributed by atoms with Gasteiger partial charge in [-0.05, 0) is 28.1 Å². The number of hydrogen-bond acceptors (Lipinski definition) is 5. The lowest BCUT2D eigenvalue weighted by molar-refractivity contribution is 1.08. The van der Waals surface area contributed by atoms with E-state index in [1.165, 1.54) is 16.4 Å². The lowest BCUT2D eigenvalue weighted by Crippen LogP contribution is -1.88. The molecule has 0 spiro atoms. The van der Waals surface area contributed by atoms with Gasteiger partial charge in [0.2, 0.25) is 0 Å². The lowest BCUT2D eigenvalue weighted by Gasteiger charge is -2.01. The van der Waals surface area contributed by atoms with Gasteiger partial charge in [-0.15, -0.1) is 16.9 Å². The van der Waals surface area contributed by atoms with Gasteiger partial charge in [0.05, 0.1) is 0 Å². The number of nitrogen functional groups attached to an aromatic ring is 1. The maximum Gasteiger partial charge on any atom is 0.131 e. The summed E-state index contributed by atoms with van der Waals surface area (Å²) >= 11 is 6.43. The normalized spacial score (nSPS) is 10.5. The molecular weight excluding hydrogens is 294 g/mol. The number of rotatable bonds is 3. The monoisotopic (exact) mass is 301 g/mol. The summed E-state index contributed by atoms with van der Waals surface area (Å²) in [5, 5.41) is 4.67. The molecule has 3 nitrogen and oxygen atoms in total. The second-order valence-corrected chi connectivity index (χ2v) is 5.46. The Kier molecular flexibility index (Phi) is 3.61. The Hall–Kier alpha value is -0.590. The van der Waals surface area contributed by atoms with E-state index in [1.54, 1.807) is 11.8 Å². The largest absolute Gasteiger partial charge is 0.388 e. The van der Waals surface area contributed by atoms with Gasteiger partial charge in [0.25, 0.3) is 0 Å². The molecule has 2 rings (SSSR count). The minimum absolute atomic E-state index is 0.703. The first-order chi connectivity index (χ1) is 7.27. The highest BCUT2D eigenvalue weighted by Crippen LogP contribution is 2.30. The van der Waals surface area contributed by atoms with E-state index >= 15 is 0 Å². The molecule has 0 amide bonds. The number of aromatic nitrogens is 2. The van der Waals surface area contributed by atoms with Crippen molar-refractivity contribution in [1.82, 2.24) is 9.59 Å². The average molecular weight is 302 g/mol. The van der Waals surface area contributed by atoms with Crippen LogP contribution >= 0.6 is 39.2 Å². The quantitative estimate of drug-likeness (QED) is 0.885. The standard InChI is InChI=1S/C9H8BrN3S2/c10-6-3-1-2-4-8(6)14-5-7-9(11)15-13-12-7/h1-4H,5,11H2. The van der Waals surface area contributed by atoms with Crippen molar-refractivity contribution in [3.8, 4) is 0 Å². The van der Waals surface area contributed by atoms with Gasteiger partial charge in [-0.1, -0.05) is 16.6 Å². The van der Waals surface area contributed by atoms with Crippen molar-refractivity contribution in [2.75, 3.05) is 5.73 Å². The molecule has 15 heavy (non-hydrogen) atoms. The Morgan fingerprint density at radius 2 is 2.20 bits per heavy atom. The summed E-state index contributed by atoms with van der Waals surface area (Å²) < 4.78 is 4.89. The topological polar surface area (TPSA) is 51.8 Å². The number of benzene rings is 1. The third-order valence-corrected chi connectivity index (χ3v) is 4.42. The molecule has 1 aromatic heterocycles. The van der Waals surface area contributed by atoms with Crippen LogP contribution < -0.4 is 5.73 Å². The van der Waals surface area contributed by atoms with Gasteiger partial charge < -0.3 is 5.73 Å². The van der Waals surface area contributed by atoms with Crippen LogP contribution in [0.3, 0.4) is 0 Å². The van der Waals surface area contributed by atoms with Gasteiger partial charge in [0, 0.05) is 26.7 Å². The molecule has 2 aromatic rings. The van der Waals surface area contributed by atoms with Crippen LogP contribution in [0.25, 0.3) is 0 Å². The highest BCUT2D eigenvalue weighted by atomic mass is 79.9. The SMILES string of the molecule is Nc1snnc1CSc1ccccc1Br. The van der Waals surface area contributed by atoms with Crippen molar-refractivity contribution >= 4 is 44.2 Å². The molecule has 0 unspecified atom stereocenters. The first-order valence-electron chi connectivity index (χ1n) is 4.21. The molecule has 1 aromatic carbocycles. The van der Waals surface area contributed by atoms with Gasteiger partial charge in [-0.3, -0.25) is 0 Å². The smallest absolute Gasteiger partial charge is 0.131 e. The Bertz CT molecular complexity index is 458. The predicted molar refractivity (Wildman–Crippen MR) is 68.0 cm³/mol. The van der Waals surface area contributed by atoms with Crippen LogP contribution in [0.4, 0.5) is 5.00 Å². The van der Waals surface area contributed by atoms with Gasteiger partial charge in [0.1, 0.15) is 10.7 Å². The molecule has 0 atom stereocenters. The summed E-state index contributed by atoms with van der Waals surface area (Å²) in [6.07, 6.45) is 0. The van der Waals surface area contributed by atoms with Gasteiger partial charge in [0.15, 0.2) is 0 Å². The molecule has 78 valence electrons. The van der Waals surface area contributed by atoms with Crippen molar-refractivity contribution in [3.05, 3.63) is 34.4 Å². The molecule has 1 heterocycles. The zero-order valence-corrected chi connectivity index (χ0v) is 10.9. The predicted octanol–water partition coefficient (Wildman–Crippen LogP) is 3.18. The molecule has 0 radical (unpaired) electrons. The minimum Gasteiger partial charge on any atom is -0.388 e. The van der Waals surface area contributed by atoms with Crippen molar-refractivity contribution in [1.29, 1.82) is 0 Å². The first-order valence-corrected chi connectivity index (χ1v) is 6.76. The second kappa shape index (κ2) is 4.96. The van der Waals surface area contributed by atoms with E-state index in [1.807, 2.05) is 18.2 Å². The number of hydrogen-bond donors (Lipinski definition) is 1. The van der Waals surface area contributed by atoms with Crippen LogP contribution in [-0.4, -0.2) is 9.59 Å². The van der Waals surface area contributed by atoms with E-state index in [-0.39, 0.29) is 0 Å². The molecule has 2 N–H and O–H groups in total. The average Bonchev–Trinajstić information content (AvgIpc) is 2.63. The molecule has 0 bridgehead atoms. The third-order valence-electron chi connectivity index (χ3n) is 1.79. The summed E-state index contributed by atoms with van der Waals surface area (Å²) in [7, 11) is 0. The second-order valence-electron chi connectivity index (χ2n) is 2.80. The fourth-order valence-corrected chi connectivity index (χ4v) is 3.07. The van der Waals surface area contributed by atoms with Gasteiger partial charge in [-0.2, -0.15) is 0 Å². The maximum absolute atomic E-state index is 5.71. The van der Waals surface area contributed by atoms with E-state index in [2.05, 4.69) is 31.6 Å². The molecule has 0 saturated carbocycles. The van der Waals surface area contributed by atoms with E-state index in [4.69, 9.17) is 5.73 Å². The number of nitrogens with zero attached hydrogens (tertiary/aromatic N) is 2. The molecule has 0 saturated heterocycles. The molecule has 0 aliphatic rings. The van der Waals surface area contributed by atoms with Crippen molar-refractivity contribution in [2.24, 2.45) is 0 Å². The van der Waals surface area contributed by atoms with Crippen LogP contribution in [0.1, 0.15) is 5.69 Å². The fraction of sp³-hybridized carbons (Fsp3) is 0.111. The summed E-state index contributed by atoms with van der Waals surface area (Å²) in [5.74, 6) is 0.755. The zero-order valence-electron chi connectivity index (χ0n) is 7.68. The maximum atomic E-state index is 5.71. The Labute approximate surface area is 104 Å². The van der Waals surface area contributed by atoms with E-state index in [0.717, 1.165) is 15.9 Å². The number of halogens is 1. The van der Waals surface area contributed by atoms with Crippen molar-refractivity contribution < 1.29 is 0 Å². The molecular formula is C9H8BrN3S2. The Morgan fingerprint density at radius 1 is 1.40 bits per heavy atom. The Balaban J connectivity index is 2.06. The lowest BCUT2D eigenvalue weighted by atomic mass is 10.4. The van der Waals surface area contributed by atoms with Crippen LogP contribution in [-0.2, 0) is 5.75 Å². The van der Waals surface area contributed by atoms with Crippen LogP contribution in [0.2, 0.25) is 0 Å². The van der Waals surface area contributed by atoms with Crippen molar-refractivity contribution in [3.63, 3.8) is 0 Å². The highest BCUT2D eigenvalue weighted by Gasteiger charge is 2.06. The van der Waals surface area contributed by atoms with E-state index in [9.17, 15) is 0 Å². The zero-order chi connectivity index (χ0) is 10.7. The minimum atomic E-state index is 0.703. The van der Waals surface area contributed by atoms with Crippen LogP contribution in [0.5, 0.6) is 0 Å². The van der Waals surface area contributed by atoms with Crippen LogP contribution in [0.15, 0.2) is 33.6 Å². The molecule has 6 heteroatoms. The van der Waals surface area contributed by atoms with E-state index < -0.39 is 0 Å². The summed E-state index contributed by atoms with van der Waals surface area (Å²) in [6.45, 7) is 0. The third kappa shape index (κ3) is 2.70. The molecule has 0 aliphatic carbocycles. The van der Waals surface area contributed by atoms with Crippen LogP contribution in [0, 0.1) is 0 Å². The fourth-order valence-electron chi connectivity index (χ4n) is 1.02. The summed E-state index contributed by atoms with van der Waals surface area (Å²) in [4.78, 5) is 1.19. The van der Waals surface area contributed by atoms with Gasteiger partial charge in [-0.25, -0.2) is 0 Å².